The predicted octanol–water partition coefficient (Wildman–Crippen LogP) is 8.15. The molecule has 1 aliphatic heterocycles. The van der Waals surface area contributed by atoms with Crippen molar-refractivity contribution in [3.8, 4) is 22.5 Å². The van der Waals surface area contributed by atoms with Gasteiger partial charge in [-0.1, -0.05) is 55.7 Å². The molecule has 0 radical (unpaired) electrons. The number of alkyl halides is 3. The van der Waals surface area contributed by atoms with Gasteiger partial charge in [-0.3, -0.25) is 4.79 Å². The number of aromatic carboxylic acids is 1. The van der Waals surface area contributed by atoms with Crippen LogP contribution in [0.5, 0.6) is 0 Å². The van der Waals surface area contributed by atoms with Crippen LogP contribution in [0.1, 0.15) is 59.5 Å². The number of rotatable bonds is 6. The number of amides is 1. The summed E-state index contributed by atoms with van der Waals surface area (Å²) in [6.45, 7) is 1.95. The van der Waals surface area contributed by atoms with Gasteiger partial charge in [0.1, 0.15) is 6.54 Å². The molecule has 7 nitrogen and oxygen atoms in total. The Morgan fingerprint density at radius 3 is 2.43 bits per heavy atom. The Kier molecular flexibility index (Phi) is 8.21. The van der Waals surface area contributed by atoms with Crippen LogP contribution in [0, 0.1) is 0 Å². The van der Waals surface area contributed by atoms with Crippen molar-refractivity contribution in [2.75, 3.05) is 26.3 Å². The number of carbonyl (C=O) groups excluding carboxylic acids is 1. The van der Waals surface area contributed by atoms with Crippen molar-refractivity contribution < 1.29 is 32.6 Å². The molecule has 2 fully saturated rings. The molecular weight excluding hydrogens is 607 g/mol. The number of aromatic nitrogens is 2. The highest BCUT2D eigenvalue weighted by Crippen LogP contribution is 2.45. The number of benzene rings is 3. The first-order valence-electron chi connectivity index (χ1n) is 16.0. The third kappa shape index (κ3) is 5.98. The normalized spacial score (nSPS) is 16.2. The maximum absolute atomic E-state index is 13.8. The summed E-state index contributed by atoms with van der Waals surface area (Å²) in [5.74, 6) is -0.885. The van der Waals surface area contributed by atoms with Crippen LogP contribution in [-0.4, -0.2) is 57.7 Å². The third-order valence-corrected chi connectivity index (χ3v) is 9.49. The van der Waals surface area contributed by atoms with E-state index in [1.54, 1.807) is 35.2 Å². The summed E-state index contributed by atoms with van der Waals surface area (Å²) >= 11 is 0. The second-order valence-electron chi connectivity index (χ2n) is 12.4. The number of halogens is 3. The van der Waals surface area contributed by atoms with Gasteiger partial charge in [0.25, 0.3) is 0 Å². The monoisotopic (exact) mass is 641 g/mol. The molecule has 0 unspecified atom stereocenters. The molecule has 0 bridgehead atoms. The van der Waals surface area contributed by atoms with E-state index in [9.17, 15) is 27.9 Å². The number of carboxylic acids is 1. The highest BCUT2D eigenvalue weighted by Gasteiger charge is 2.34. The van der Waals surface area contributed by atoms with E-state index in [0.717, 1.165) is 65.8 Å². The summed E-state index contributed by atoms with van der Waals surface area (Å²) < 4.78 is 48.8. The second kappa shape index (κ2) is 12.5. The van der Waals surface area contributed by atoms with E-state index in [1.807, 2.05) is 28.8 Å². The Labute approximate surface area is 269 Å². The van der Waals surface area contributed by atoms with Crippen LogP contribution >= 0.6 is 0 Å². The van der Waals surface area contributed by atoms with Gasteiger partial charge in [0, 0.05) is 29.4 Å². The molecular formula is C37H34F3N3O4. The minimum absolute atomic E-state index is 0.0153. The van der Waals surface area contributed by atoms with Gasteiger partial charge in [-0.2, -0.15) is 13.2 Å². The van der Waals surface area contributed by atoms with Crippen LogP contribution < -0.4 is 0 Å². The molecule has 5 aromatic rings. The van der Waals surface area contributed by atoms with E-state index in [2.05, 4.69) is 4.98 Å². The quantitative estimate of drug-likeness (QED) is 0.202. The van der Waals surface area contributed by atoms with Crippen molar-refractivity contribution >= 4 is 33.7 Å². The molecule has 47 heavy (non-hydrogen) atoms. The van der Waals surface area contributed by atoms with E-state index in [1.165, 1.54) is 12.1 Å². The number of carbonyl (C=O) groups is 2. The molecule has 3 aromatic carbocycles. The molecule has 0 atom stereocenters. The Balaban J connectivity index is 1.40. The molecule has 3 heterocycles. The molecule has 1 amide bonds. The first kappa shape index (κ1) is 30.9. The topological polar surface area (TPSA) is 84.7 Å². The van der Waals surface area contributed by atoms with Crippen molar-refractivity contribution in [1.82, 2.24) is 14.5 Å². The lowest BCUT2D eigenvalue weighted by atomic mass is 9.81. The summed E-state index contributed by atoms with van der Waals surface area (Å²) in [6.07, 6.45) is 0.785. The Morgan fingerprint density at radius 2 is 1.68 bits per heavy atom. The molecule has 1 saturated carbocycles. The first-order chi connectivity index (χ1) is 22.7. The molecule has 2 aliphatic rings. The number of pyridine rings is 1. The largest absolute Gasteiger partial charge is 0.478 e. The number of hydrogen-bond donors (Lipinski definition) is 1. The lowest BCUT2D eigenvalue weighted by molar-refractivity contribution is -0.137. The predicted molar refractivity (Wildman–Crippen MR) is 173 cm³/mol. The van der Waals surface area contributed by atoms with Crippen LogP contribution in [-0.2, 0) is 22.3 Å². The number of carboxylic acid groups (broad SMARTS) is 1. The SMILES string of the molecule is O=C(O)c1ccc2c(C3CCCCC3)c(-c3ccc4nc(-c5ccccc5C(F)(F)F)ccc4c3)n(CC(=O)N3CCOCC3)c2c1. The minimum atomic E-state index is -4.51. The Hall–Kier alpha value is -4.70. The van der Waals surface area contributed by atoms with Gasteiger partial charge in [0.2, 0.25) is 5.91 Å². The van der Waals surface area contributed by atoms with Crippen LogP contribution in [0.15, 0.2) is 72.8 Å². The fourth-order valence-electron chi connectivity index (χ4n) is 7.21. The summed E-state index contributed by atoms with van der Waals surface area (Å²) in [5.41, 5.74) is 3.70. The summed E-state index contributed by atoms with van der Waals surface area (Å²) in [7, 11) is 0. The molecule has 10 heteroatoms. The molecule has 1 N–H and O–H groups in total. The Morgan fingerprint density at radius 1 is 0.915 bits per heavy atom. The molecule has 242 valence electrons. The van der Waals surface area contributed by atoms with Crippen LogP contribution in [0.2, 0.25) is 0 Å². The molecule has 2 aromatic heterocycles. The number of hydrogen-bond acceptors (Lipinski definition) is 4. The first-order valence-corrected chi connectivity index (χ1v) is 16.0. The van der Waals surface area contributed by atoms with Crippen molar-refractivity contribution in [3.05, 3.63) is 89.5 Å². The zero-order valence-corrected chi connectivity index (χ0v) is 25.7. The van der Waals surface area contributed by atoms with Crippen LogP contribution in [0.3, 0.4) is 0 Å². The zero-order chi connectivity index (χ0) is 32.7. The highest BCUT2D eigenvalue weighted by molar-refractivity contribution is 6.00. The average Bonchev–Trinajstić information content (AvgIpc) is 3.41. The number of nitrogens with zero attached hydrogens (tertiary/aromatic N) is 3. The number of fused-ring (bicyclic) bond motifs is 2. The number of ether oxygens (including phenoxy) is 1. The van der Waals surface area contributed by atoms with Crippen molar-refractivity contribution in [2.45, 2.75) is 50.7 Å². The summed E-state index contributed by atoms with van der Waals surface area (Å²) in [6, 6.07) is 19.6. The van der Waals surface area contributed by atoms with Gasteiger partial charge in [-0.25, -0.2) is 9.78 Å². The fourth-order valence-corrected chi connectivity index (χ4v) is 7.21. The van der Waals surface area contributed by atoms with Gasteiger partial charge in [0.05, 0.1) is 46.8 Å². The molecule has 7 rings (SSSR count). The minimum Gasteiger partial charge on any atom is -0.478 e. The lowest BCUT2D eigenvalue weighted by Crippen LogP contribution is -2.42. The molecule has 1 aliphatic carbocycles. The smallest absolute Gasteiger partial charge is 0.417 e. The zero-order valence-electron chi connectivity index (χ0n) is 25.7. The summed E-state index contributed by atoms with van der Waals surface area (Å²) in [5, 5.41) is 11.6. The maximum atomic E-state index is 13.8. The van der Waals surface area contributed by atoms with Gasteiger partial charge in [-0.05, 0) is 66.3 Å². The van der Waals surface area contributed by atoms with E-state index < -0.39 is 17.7 Å². The van der Waals surface area contributed by atoms with E-state index in [0.29, 0.717) is 37.3 Å². The second-order valence-corrected chi connectivity index (χ2v) is 12.4. The van der Waals surface area contributed by atoms with Crippen molar-refractivity contribution in [3.63, 3.8) is 0 Å². The average molecular weight is 642 g/mol. The van der Waals surface area contributed by atoms with Crippen LogP contribution in [0.4, 0.5) is 13.2 Å². The van der Waals surface area contributed by atoms with Crippen LogP contribution in [0.25, 0.3) is 44.3 Å². The lowest BCUT2D eigenvalue weighted by Gasteiger charge is -2.28. The third-order valence-electron chi connectivity index (χ3n) is 9.49. The van der Waals surface area contributed by atoms with E-state index in [-0.39, 0.29) is 35.2 Å². The van der Waals surface area contributed by atoms with Gasteiger partial charge < -0.3 is 19.3 Å². The number of morpholine rings is 1. The molecule has 1 saturated heterocycles. The molecule has 0 spiro atoms. The van der Waals surface area contributed by atoms with E-state index >= 15 is 0 Å². The highest BCUT2D eigenvalue weighted by atomic mass is 19.4. The van der Waals surface area contributed by atoms with E-state index in [4.69, 9.17) is 4.74 Å². The van der Waals surface area contributed by atoms with Crippen molar-refractivity contribution in [2.24, 2.45) is 0 Å². The fraction of sp³-hybridized carbons (Fsp3) is 0.324. The maximum Gasteiger partial charge on any atom is 0.417 e. The standard InChI is InChI=1S/C37H34F3N3O4/c38-37(39,40)29-9-5-4-8-27(29)31-15-11-24-20-25(12-14-30(24)41-31)35-34(23-6-2-1-3-7-23)28-13-10-26(36(45)46)21-32(28)43(35)22-33(44)42-16-18-47-19-17-42/h4-5,8-15,20-21,23H,1-3,6-7,16-19,22H2,(H,45,46). The van der Waals surface area contributed by atoms with Gasteiger partial charge in [-0.15, -0.1) is 0 Å². The van der Waals surface area contributed by atoms with Crippen molar-refractivity contribution in [1.29, 1.82) is 0 Å². The summed E-state index contributed by atoms with van der Waals surface area (Å²) in [4.78, 5) is 32.2. The Bertz CT molecular complexity index is 1990. The van der Waals surface area contributed by atoms with Gasteiger partial charge in [0.15, 0.2) is 0 Å². The van der Waals surface area contributed by atoms with Gasteiger partial charge >= 0.3 is 12.1 Å².